The van der Waals surface area contributed by atoms with Crippen molar-refractivity contribution in [3.63, 3.8) is 0 Å². The molecule has 1 aromatic rings. The highest BCUT2D eigenvalue weighted by atomic mass is 15.3. The Morgan fingerprint density at radius 3 is 2.33 bits per heavy atom. The van der Waals surface area contributed by atoms with Crippen molar-refractivity contribution in [2.75, 3.05) is 49.5 Å². The van der Waals surface area contributed by atoms with Gasteiger partial charge in [-0.2, -0.15) is 0 Å². The minimum absolute atomic E-state index is 0.852. The molecule has 0 unspecified atom stereocenters. The third kappa shape index (κ3) is 4.06. The van der Waals surface area contributed by atoms with E-state index in [9.17, 15) is 0 Å². The summed E-state index contributed by atoms with van der Waals surface area (Å²) in [5, 5.41) is 3.42. The molecular weight excluding hydrogens is 262 g/mol. The molecule has 0 amide bonds. The van der Waals surface area contributed by atoms with E-state index in [0.717, 1.165) is 56.6 Å². The summed E-state index contributed by atoms with van der Waals surface area (Å²) in [5.41, 5.74) is 1.18. The molecule has 21 heavy (non-hydrogen) atoms. The Balaban J connectivity index is 2.11. The predicted molar refractivity (Wildman–Crippen MR) is 89.2 cm³/mol. The lowest BCUT2D eigenvalue weighted by Crippen LogP contribution is -2.47. The summed E-state index contributed by atoms with van der Waals surface area (Å²) in [6.07, 6.45) is 2.34. The quantitative estimate of drug-likeness (QED) is 0.872. The van der Waals surface area contributed by atoms with Crippen LogP contribution in [0.5, 0.6) is 0 Å². The summed E-state index contributed by atoms with van der Waals surface area (Å²) in [4.78, 5) is 14.2. The van der Waals surface area contributed by atoms with Gasteiger partial charge in [-0.1, -0.05) is 13.8 Å². The molecule has 0 aromatic carbocycles. The van der Waals surface area contributed by atoms with Crippen molar-refractivity contribution in [1.29, 1.82) is 0 Å². The molecule has 0 aliphatic carbocycles. The second-order valence-corrected chi connectivity index (χ2v) is 5.82. The molecule has 2 heterocycles. The topological polar surface area (TPSA) is 44.3 Å². The van der Waals surface area contributed by atoms with Crippen LogP contribution in [0.2, 0.25) is 0 Å². The van der Waals surface area contributed by atoms with Crippen LogP contribution >= 0.6 is 0 Å². The minimum atomic E-state index is 0.852. The van der Waals surface area contributed by atoms with Gasteiger partial charge in [-0.3, -0.25) is 4.90 Å². The zero-order chi connectivity index (χ0) is 15.2. The first kappa shape index (κ1) is 16.0. The van der Waals surface area contributed by atoms with Gasteiger partial charge < -0.3 is 10.2 Å². The van der Waals surface area contributed by atoms with Crippen molar-refractivity contribution >= 4 is 11.6 Å². The number of rotatable bonds is 6. The lowest BCUT2D eigenvalue weighted by atomic mass is 10.2. The average Bonchev–Trinajstić information content (AvgIpc) is 2.49. The van der Waals surface area contributed by atoms with Crippen LogP contribution in [0.3, 0.4) is 0 Å². The standard InChI is InChI=1S/C16H29N5/c1-5-7-17-15-13(3)16(19-14(4)18-15)21-11-9-20(8-6-2)10-12-21/h5-12H2,1-4H3,(H,17,18,19). The van der Waals surface area contributed by atoms with Gasteiger partial charge in [0.25, 0.3) is 0 Å². The fourth-order valence-corrected chi connectivity index (χ4v) is 2.84. The second kappa shape index (κ2) is 7.59. The van der Waals surface area contributed by atoms with Crippen LogP contribution in [0.25, 0.3) is 0 Å². The number of piperazine rings is 1. The molecule has 5 nitrogen and oxygen atoms in total. The predicted octanol–water partition coefficient (Wildman–Crippen LogP) is 2.45. The number of nitrogens with zero attached hydrogens (tertiary/aromatic N) is 4. The molecule has 0 bridgehead atoms. The summed E-state index contributed by atoms with van der Waals surface area (Å²) in [6.45, 7) is 15.1. The van der Waals surface area contributed by atoms with Gasteiger partial charge in [0.1, 0.15) is 17.5 Å². The van der Waals surface area contributed by atoms with Crippen molar-refractivity contribution in [3.8, 4) is 0 Å². The van der Waals surface area contributed by atoms with E-state index in [0.29, 0.717) is 0 Å². The maximum Gasteiger partial charge on any atom is 0.137 e. The first-order valence-electron chi connectivity index (χ1n) is 8.22. The van der Waals surface area contributed by atoms with Crippen LogP contribution in [0, 0.1) is 13.8 Å². The summed E-state index contributed by atoms with van der Waals surface area (Å²) in [7, 11) is 0. The summed E-state index contributed by atoms with van der Waals surface area (Å²) < 4.78 is 0. The minimum Gasteiger partial charge on any atom is -0.370 e. The molecule has 0 atom stereocenters. The van der Waals surface area contributed by atoms with Gasteiger partial charge in [-0.25, -0.2) is 9.97 Å². The van der Waals surface area contributed by atoms with Gasteiger partial charge in [0, 0.05) is 38.3 Å². The number of hydrogen-bond donors (Lipinski definition) is 1. The van der Waals surface area contributed by atoms with Crippen LogP contribution in [-0.2, 0) is 0 Å². The molecule has 1 aromatic heterocycles. The van der Waals surface area contributed by atoms with Crippen LogP contribution < -0.4 is 10.2 Å². The van der Waals surface area contributed by atoms with Gasteiger partial charge >= 0.3 is 0 Å². The van der Waals surface area contributed by atoms with Gasteiger partial charge in [0.15, 0.2) is 0 Å². The monoisotopic (exact) mass is 291 g/mol. The zero-order valence-corrected chi connectivity index (χ0v) is 13.9. The Hall–Kier alpha value is -1.36. The van der Waals surface area contributed by atoms with E-state index in [1.54, 1.807) is 0 Å². The third-order valence-electron chi connectivity index (χ3n) is 3.99. The SMILES string of the molecule is CCCNc1nc(C)nc(N2CCN(CCC)CC2)c1C. The van der Waals surface area contributed by atoms with E-state index in [1.807, 2.05) is 6.92 Å². The Labute approximate surface area is 128 Å². The molecule has 1 N–H and O–H groups in total. The molecule has 0 radical (unpaired) electrons. The molecule has 5 heteroatoms. The average molecular weight is 291 g/mol. The van der Waals surface area contributed by atoms with Gasteiger partial charge in [0.05, 0.1) is 0 Å². The lowest BCUT2D eigenvalue weighted by Gasteiger charge is -2.36. The third-order valence-corrected chi connectivity index (χ3v) is 3.99. The van der Waals surface area contributed by atoms with Crippen molar-refractivity contribution < 1.29 is 0 Å². The molecule has 1 saturated heterocycles. The fraction of sp³-hybridized carbons (Fsp3) is 0.750. The number of anilines is 2. The van der Waals surface area contributed by atoms with E-state index < -0.39 is 0 Å². The van der Waals surface area contributed by atoms with Crippen molar-refractivity contribution in [2.24, 2.45) is 0 Å². The Kier molecular flexibility index (Phi) is 5.79. The Bertz CT molecular complexity index is 452. The van der Waals surface area contributed by atoms with Gasteiger partial charge in [0.2, 0.25) is 0 Å². The maximum absolute atomic E-state index is 4.69. The highest BCUT2D eigenvalue weighted by molar-refractivity contribution is 5.58. The second-order valence-electron chi connectivity index (χ2n) is 5.82. The van der Waals surface area contributed by atoms with E-state index in [-0.39, 0.29) is 0 Å². The van der Waals surface area contributed by atoms with Crippen LogP contribution in [-0.4, -0.2) is 54.1 Å². The zero-order valence-electron chi connectivity index (χ0n) is 13.9. The molecule has 1 fully saturated rings. The van der Waals surface area contributed by atoms with Crippen LogP contribution in [0.15, 0.2) is 0 Å². The van der Waals surface area contributed by atoms with E-state index >= 15 is 0 Å². The Morgan fingerprint density at radius 2 is 1.71 bits per heavy atom. The van der Waals surface area contributed by atoms with E-state index in [1.165, 1.54) is 18.5 Å². The number of aryl methyl sites for hydroxylation is 1. The summed E-state index contributed by atoms with van der Waals surface area (Å²) in [5.74, 6) is 2.96. The molecular formula is C16H29N5. The molecule has 1 aliphatic heterocycles. The molecule has 0 spiro atoms. The van der Waals surface area contributed by atoms with Crippen molar-refractivity contribution in [2.45, 2.75) is 40.5 Å². The van der Waals surface area contributed by atoms with Gasteiger partial charge in [-0.15, -0.1) is 0 Å². The van der Waals surface area contributed by atoms with Crippen molar-refractivity contribution in [3.05, 3.63) is 11.4 Å². The fourth-order valence-electron chi connectivity index (χ4n) is 2.84. The number of aromatic nitrogens is 2. The van der Waals surface area contributed by atoms with Crippen molar-refractivity contribution in [1.82, 2.24) is 14.9 Å². The summed E-state index contributed by atoms with van der Waals surface area (Å²) >= 11 is 0. The lowest BCUT2D eigenvalue weighted by molar-refractivity contribution is 0.258. The number of nitrogens with one attached hydrogen (secondary N) is 1. The Morgan fingerprint density at radius 1 is 1.00 bits per heavy atom. The van der Waals surface area contributed by atoms with Gasteiger partial charge in [-0.05, 0) is 33.2 Å². The molecule has 2 rings (SSSR count). The largest absolute Gasteiger partial charge is 0.370 e. The molecule has 118 valence electrons. The highest BCUT2D eigenvalue weighted by Crippen LogP contribution is 2.24. The first-order chi connectivity index (χ1) is 10.2. The number of hydrogen-bond acceptors (Lipinski definition) is 5. The van der Waals surface area contributed by atoms with Crippen LogP contribution in [0.4, 0.5) is 11.6 Å². The highest BCUT2D eigenvalue weighted by Gasteiger charge is 2.20. The van der Waals surface area contributed by atoms with Crippen LogP contribution in [0.1, 0.15) is 38.1 Å². The molecule has 1 aliphatic rings. The normalized spacial score (nSPS) is 16.3. The molecule has 0 saturated carbocycles. The van der Waals surface area contributed by atoms with E-state index in [4.69, 9.17) is 4.98 Å². The summed E-state index contributed by atoms with van der Waals surface area (Å²) in [6, 6.07) is 0. The maximum atomic E-state index is 4.69. The first-order valence-corrected chi connectivity index (χ1v) is 8.22. The smallest absolute Gasteiger partial charge is 0.137 e. The van der Waals surface area contributed by atoms with E-state index in [2.05, 4.69) is 40.9 Å².